The predicted molar refractivity (Wildman–Crippen MR) is 82.8 cm³/mol. The van der Waals surface area contributed by atoms with Gasteiger partial charge in [0.2, 0.25) is 0 Å². The van der Waals surface area contributed by atoms with Crippen LogP contribution in [0.25, 0.3) is 0 Å². The second-order valence-electron chi connectivity index (χ2n) is 5.32. The van der Waals surface area contributed by atoms with E-state index in [9.17, 15) is 0 Å². The van der Waals surface area contributed by atoms with Crippen LogP contribution in [0.3, 0.4) is 0 Å². The number of rotatable bonds is 7. The lowest BCUT2D eigenvalue weighted by atomic mass is 9.89. The standard InChI is InChI=1S/C16H25O3P/c1-17-20(18-2)13-15-8-10-16(11-9-15)19-12-14-6-4-3-5-7-14/h3-7,15-16H,8-13H2,1-2H3. The van der Waals surface area contributed by atoms with E-state index >= 15 is 0 Å². The highest BCUT2D eigenvalue weighted by Crippen LogP contribution is 2.42. The van der Waals surface area contributed by atoms with Gasteiger partial charge in [0.15, 0.2) is 8.38 Å². The lowest BCUT2D eigenvalue weighted by Gasteiger charge is -2.29. The smallest absolute Gasteiger partial charge is 0.170 e. The molecule has 0 saturated heterocycles. The summed E-state index contributed by atoms with van der Waals surface area (Å²) in [6.07, 6.45) is 6.26. The van der Waals surface area contributed by atoms with Crippen molar-refractivity contribution in [2.75, 3.05) is 20.4 Å². The highest BCUT2D eigenvalue weighted by atomic mass is 31.2. The number of hydrogen-bond acceptors (Lipinski definition) is 3. The monoisotopic (exact) mass is 296 g/mol. The highest BCUT2D eigenvalue weighted by molar-refractivity contribution is 7.47. The molecule has 4 heteroatoms. The molecule has 3 nitrogen and oxygen atoms in total. The van der Waals surface area contributed by atoms with E-state index in [-0.39, 0.29) is 0 Å². The molecule has 0 aliphatic heterocycles. The van der Waals surface area contributed by atoms with Crippen LogP contribution in [0.5, 0.6) is 0 Å². The summed E-state index contributed by atoms with van der Waals surface area (Å²) >= 11 is 0. The van der Waals surface area contributed by atoms with Gasteiger partial charge in [0.05, 0.1) is 12.7 Å². The Morgan fingerprint density at radius 3 is 2.25 bits per heavy atom. The quantitative estimate of drug-likeness (QED) is 0.699. The molecule has 0 bridgehead atoms. The minimum Gasteiger partial charge on any atom is -0.374 e. The van der Waals surface area contributed by atoms with Crippen molar-refractivity contribution < 1.29 is 13.8 Å². The molecule has 20 heavy (non-hydrogen) atoms. The van der Waals surface area contributed by atoms with Crippen molar-refractivity contribution in [1.29, 1.82) is 0 Å². The molecule has 0 spiro atoms. The molecular formula is C16H25O3P. The van der Waals surface area contributed by atoms with E-state index < -0.39 is 8.38 Å². The molecule has 0 unspecified atom stereocenters. The average molecular weight is 296 g/mol. The lowest BCUT2D eigenvalue weighted by molar-refractivity contribution is 0.00879. The Kier molecular flexibility index (Phi) is 6.95. The predicted octanol–water partition coefficient (Wildman–Crippen LogP) is 4.37. The summed E-state index contributed by atoms with van der Waals surface area (Å²) in [5.74, 6) is 0.734. The molecular weight excluding hydrogens is 271 g/mol. The van der Waals surface area contributed by atoms with Crippen molar-refractivity contribution in [2.45, 2.75) is 38.4 Å². The van der Waals surface area contributed by atoms with Gasteiger partial charge in [-0.15, -0.1) is 0 Å². The molecule has 1 aliphatic rings. The fraction of sp³-hybridized carbons (Fsp3) is 0.625. The average Bonchev–Trinajstić information content (AvgIpc) is 2.53. The van der Waals surface area contributed by atoms with Crippen molar-refractivity contribution in [3.8, 4) is 0 Å². The molecule has 1 fully saturated rings. The second kappa shape index (κ2) is 8.74. The lowest BCUT2D eigenvalue weighted by Crippen LogP contribution is -2.23. The third-order valence-corrected chi connectivity index (χ3v) is 5.57. The Bertz CT molecular complexity index is 359. The highest BCUT2D eigenvalue weighted by Gasteiger charge is 2.24. The van der Waals surface area contributed by atoms with E-state index in [1.165, 1.54) is 18.4 Å². The first kappa shape index (κ1) is 15.9. The first-order chi connectivity index (χ1) is 9.81. The van der Waals surface area contributed by atoms with E-state index in [0.717, 1.165) is 31.5 Å². The zero-order valence-electron chi connectivity index (χ0n) is 12.5. The summed E-state index contributed by atoms with van der Waals surface area (Å²) in [4.78, 5) is 0. The molecule has 0 atom stereocenters. The Morgan fingerprint density at radius 2 is 1.65 bits per heavy atom. The van der Waals surface area contributed by atoms with E-state index in [4.69, 9.17) is 13.8 Å². The van der Waals surface area contributed by atoms with Crippen LogP contribution in [0.1, 0.15) is 31.2 Å². The summed E-state index contributed by atoms with van der Waals surface area (Å²) in [5, 5.41) is 0. The van der Waals surface area contributed by atoms with E-state index in [1.807, 2.05) is 6.07 Å². The van der Waals surface area contributed by atoms with Gasteiger partial charge in [-0.25, -0.2) is 0 Å². The Morgan fingerprint density at radius 1 is 1.00 bits per heavy atom. The minimum atomic E-state index is -0.678. The van der Waals surface area contributed by atoms with E-state index in [2.05, 4.69) is 24.3 Å². The van der Waals surface area contributed by atoms with E-state index in [1.54, 1.807) is 14.2 Å². The third-order valence-electron chi connectivity index (χ3n) is 3.94. The molecule has 1 saturated carbocycles. The van der Waals surface area contributed by atoms with Crippen LogP contribution >= 0.6 is 8.38 Å². The summed E-state index contributed by atoms with van der Waals surface area (Å²) in [6.45, 7) is 0.735. The molecule has 1 aromatic rings. The number of ether oxygens (including phenoxy) is 1. The molecule has 0 radical (unpaired) electrons. The Hall–Kier alpha value is -0.470. The van der Waals surface area contributed by atoms with Gasteiger partial charge in [0, 0.05) is 20.4 Å². The maximum Gasteiger partial charge on any atom is 0.170 e. The fourth-order valence-electron chi connectivity index (χ4n) is 2.70. The van der Waals surface area contributed by atoms with Gasteiger partial charge < -0.3 is 13.8 Å². The van der Waals surface area contributed by atoms with Crippen molar-refractivity contribution >= 4 is 8.38 Å². The van der Waals surface area contributed by atoms with Crippen LogP contribution in [0, 0.1) is 5.92 Å². The molecule has 0 amide bonds. The first-order valence-corrected chi connectivity index (χ1v) is 8.69. The zero-order valence-corrected chi connectivity index (χ0v) is 13.4. The Labute approximate surface area is 123 Å². The number of benzene rings is 1. The van der Waals surface area contributed by atoms with Gasteiger partial charge in [-0.05, 0) is 37.2 Å². The van der Waals surface area contributed by atoms with Crippen LogP contribution in [0.15, 0.2) is 30.3 Å². The molecule has 112 valence electrons. The van der Waals surface area contributed by atoms with Crippen LogP contribution in [0.2, 0.25) is 0 Å². The molecule has 1 aromatic carbocycles. The largest absolute Gasteiger partial charge is 0.374 e. The van der Waals surface area contributed by atoms with Gasteiger partial charge >= 0.3 is 0 Å². The van der Waals surface area contributed by atoms with Gasteiger partial charge in [-0.2, -0.15) is 0 Å². The van der Waals surface area contributed by atoms with Gasteiger partial charge in [0.25, 0.3) is 0 Å². The van der Waals surface area contributed by atoms with Gasteiger partial charge in [-0.1, -0.05) is 30.3 Å². The van der Waals surface area contributed by atoms with Crippen molar-refractivity contribution in [3.63, 3.8) is 0 Å². The van der Waals surface area contributed by atoms with Crippen molar-refractivity contribution in [3.05, 3.63) is 35.9 Å². The maximum atomic E-state index is 6.02. The van der Waals surface area contributed by atoms with Crippen molar-refractivity contribution in [1.82, 2.24) is 0 Å². The summed E-state index contributed by atoms with van der Waals surface area (Å²) < 4.78 is 16.7. The summed E-state index contributed by atoms with van der Waals surface area (Å²) in [6, 6.07) is 10.4. The summed E-state index contributed by atoms with van der Waals surface area (Å²) in [7, 11) is 2.80. The summed E-state index contributed by atoms with van der Waals surface area (Å²) in [5.41, 5.74) is 1.26. The van der Waals surface area contributed by atoms with Crippen LogP contribution in [-0.4, -0.2) is 26.5 Å². The van der Waals surface area contributed by atoms with Crippen LogP contribution < -0.4 is 0 Å². The molecule has 0 aromatic heterocycles. The van der Waals surface area contributed by atoms with Crippen molar-refractivity contribution in [2.24, 2.45) is 5.92 Å². The SMILES string of the molecule is COP(CC1CCC(OCc2ccccc2)CC1)OC. The van der Waals surface area contributed by atoms with Gasteiger partial charge in [-0.3, -0.25) is 0 Å². The zero-order chi connectivity index (χ0) is 14.2. The first-order valence-electron chi connectivity index (χ1n) is 7.33. The fourth-order valence-corrected chi connectivity index (χ4v) is 3.94. The van der Waals surface area contributed by atoms with E-state index in [0.29, 0.717) is 6.10 Å². The van der Waals surface area contributed by atoms with Crippen LogP contribution in [-0.2, 0) is 20.4 Å². The molecule has 0 heterocycles. The minimum absolute atomic E-state index is 0.419. The number of hydrogen-bond donors (Lipinski definition) is 0. The van der Waals surface area contributed by atoms with Crippen LogP contribution in [0.4, 0.5) is 0 Å². The molecule has 1 aliphatic carbocycles. The third kappa shape index (κ3) is 5.14. The topological polar surface area (TPSA) is 27.7 Å². The maximum absolute atomic E-state index is 6.02. The Balaban J connectivity index is 1.66. The second-order valence-corrected chi connectivity index (χ2v) is 7.08. The molecule has 2 rings (SSSR count). The molecule has 0 N–H and O–H groups in total. The normalized spacial score (nSPS) is 23.1. The van der Waals surface area contributed by atoms with Gasteiger partial charge in [0.1, 0.15) is 0 Å².